The van der Waals surface area contributed by atoms with E-state index in [0.29, 0.717) is 0 Å². The van der Waals surface area contributed by atoms with Crippen LogP contribution in [0, 0.1) is 5.92 Å². The van der Waals surface area contributed by atoms with E-state index >= 15 is 0 Å². The van der Waals surface area contributed by atoms with E-state index in [1.807, 2.05) is 6.20 Å². The first kappa shape index (κ1) is 19.3. The highest BCUT2D eigenvalue weighted by molar-refractivity contribution is 6.13. The standard InChI is InChI=1S/C30H27NO/c1-3-8-21(9-4-1)18-22-16-17-31-27(19-22)24-14-15-28-26(20-24)30-25(12-7-13-29(30)32-28)23-10-5-2-6-11-23/h2,5-7,10-17,19-21H,1,3-4,8-9,18H2. The smallest absolute Gasteiger partial charge is 0.136 e. The van der Waals surface area contributed by atoms with Crippen molar-refractivity contribution in [1.82, 2.24) is 4.98 Å². The molecule has 0 N–H and O–H groups in total. The van der Waals surface area contributed by atoms with Crippen molar-refractivity contribution in [2.75, 3.05) is 0 Å². The molecule has 1 fully saturated rings. The number of aromatic nitrogens is 1. The Morgan fingerprint density at radius 2 is 1.62 bits per heavy atom. The normalized spacial score (nSPS) is 14.9. The molecule has 158 valence electrons. The summed E-state index contributed by atoms with van der Waals surface area (Å²) in [6.07, 6.45) is 10.1. The molecule has 0 amide bonds. The van der Waals surface area contributed by atoms with Crippen LogP contribution in [0.15, 0.2) is 89.5 Å². The van der Waals surface area contributed by atoms with Crippen LogP contribution in [0.25, 0.3) is 44.3 Å². The fraction of sp³-hybridized carbons (Fsp3) is 0.233. The van der Waals surface area contributed by atoms with Crippen LogP contribution in [0.5, 0.6) is 0 Å². The summed E-state index contributed by atoms with van der Waals surface area (Å²) in [4.78, 5) is 4.72. The van der Waals surface area contributed by atoms with Crippen molar-refractivity contribution in [2.45, 2.75) is 38.5 Å². The van der Waals surface area contributed by atoms with Crippen molar-refractivity contribution in [2.24, 2.45) is 5.92 Å². The molecule has 0 unspecified atom stereocenters. The van der Waals surface area contributed by atoms with Crippen LogP contribution in [-0.4, -0.2) is 4.98 Å². The Hall–Kier alpha value is -3.39. The number of furan rings is 1. The maximum Gasteiger partial charge on any atom is 0.136 e. The predicted octanol–water partition coefficient (Wildman–Crippen LogP) is 8.44. The molecule has 0 bridgehead atoms. The van der Waals surface area contributed by atoms with Crippen LogP contribution in [0.3, 0.4) is 0 Å². The summed E-state index contributed by atoms with van der Waals surface area (Å²) in [7, 11) is 0. The quantitative estimate of drug-likeness (QED) is 0.293. The third-order valence-electron chi connectivity index (χ3n) is 6.95. The summed E-state index contributed by atoms with van der Waals surface area (Å²) in [6.45, 7) is 0. The van der Waals surface area contributed by atoms with Crippen LogP contribution in [0.1, 0.15) is 37.7 Å². The molecular formula is C30H27NO. The van der Waals surface area contributed by atoms with Gasteiger partial charge in [-0.15, -0.1) is 0 Å². The number of rotatable bonds is 4. The Bertz CT molecular complexity index is 1380. The third kappa shape index (κ3) is 3.60. The zero-order valence-electron chi connectivity index (χ0n) is 18.3. The van der Waals surface area contributed by atoms with Crippen molar-refractivity contribution < 1.29 is 4.42 Å². The van der Waals surface area contributed by atoms with Crippen molar-refractivity contribution >= 4 is 21.9 Å². The molecule has 1 saturated carbocycles. The summed E-state index contributed by atoms with van der Waals surface area (Å²) >= 11 is 0. The van der Waals surface area contributed by atoms with Gasteiger partial charge in [0.2, 0.25) is 0 Å². The molecule has 1 aliphatic rings. The highest BCUT2D eigenvalue weighted by Crippen LogP contribution is 2.38. The lowest BCUT2D eigenvalue weighted by Crippen LogP contribution is -2.09. The fourth-order valence-electron chi connectivity index (χ4n) is 5.33. The molecule has 1 aliphatic carbocycles. The Morgan fingerprint density at radius 1 is 0.750 bits per heavy atom. The lowest BCUT2D eigenvalue weighted by molar-refractivity contribution is 0.356. The van der Waals surface area contributed by atoms with Gasteiger partial charge in [0.05, 0.1) is 5.69 Å². The summed E-state index contributed by atoms with van der Waals surface area (Å²) in [6, 6.07) is 27.8. The SMILES string of the molecule is c1ccc(-c2cccc3oc4ccc(-c5cc(CC6CCCCC6)ccn5)cc4c23)cc1. The maximum atomic E-state index is 6.21. The minimum absolute atomic E-state index is 0.827. The number of pyridine rings is 1. The molecule has 2 nitrogen and oxygen atoms in total. The summed E-state index contributed by atoms with van der Waals surface area (Å²) in [5.41, 5.74) is 7.86. The molecule has 2 heteroatoms. The van der Waals surface area contributed by atoms with Gasteiger partial charge in [0, 0.05) is 22.5 Å². The highest BCUT2D eigenvalue weighted by atomic mass is 16.3. The lowest BCUT2D eigenvalue weighted by atomic mass is 9.85. The zero-order chi connectivity index (χ0) is 21.3. The second kappa shape index (κ2) is 8.27. The first-order chi connectivity index (χ1) is 15.8. The maximum absolute atomic E-state index is 6.21. The minimum atomic E-state index is 0.827. The van der Waals surface area contributed by atoms with Crippen LogP contribution < -0.4 is 0 Å². The van der Waals surface area contributed by atoms with Crippen LogP contribution in [0.4, 0.5) is 0 Å². The topological polar surface area (TPSA) is 26.0 Å². The fourth-order valence-corrected chi connectivity index (χ4v) is 5.33. The van der Waals surface area contributed by atoms with E-state index in [4.69, 9.17) is 9.40 Å². The van der Waals surface area contributed by atoms with Gasteiger partial charge in [-0.25, -0.2) is 0 Å². The van der Waals surface area contributed by atoms with E-state index in [2.05, 4.69) is 78.9 Å². The lowest BCUT2D eigenvalue weighted by Gasteiger charge is -2.21. The molecule has 0 aliphatic heterocycles. The van der Waals surface area contributed by atoms with Crippen molar-refractivity contribution in [3.63, 3.8) is 0 Å². The van der Waals surface area contributed by atoms with E-state index < -0.39 is 0 Å². The second-order valence-electron chi connectivity index (χ2n) is 9.12. The average molecular weight is 418 g/mol. The average Bonchev–Trinajstić information content (AvgIpc) is 3.23. The number of nitrogens with zero attached hydrogens (tertiary/aromatic N) is 1. The number of benzene rings is 3. The van der Waals surface area contributed by atoms with Crippen molar-refractivity contribution in [3.8, 4) is 22.4 Å². The molecule has 0 atom stereocenters. The van der Waals surface area contributed by atoms with Gasteiger partial charge in [-0.1, -0.05) is 74.6 Å². The predicted molar refractivity (Wildman–Crippen MR) is 133 cm³/mol. The molecule has 0 saturated heterocycles. The monoisotopic (exact) mass is 417 g/mol. The van der Waals surface area contributed by atoms with Gasteiger partial charge in [0.15, 0.2) is 0 Å². The van der Waals surface area contributed by atoms with Gasteiger partial charge in [-0.2, -0.15) is 0 Å². The van der Waals surface area contributed by atoms with Gasteiger partial charge >= 0.3 is 0 Å². The number of fused-ring (bicyclic) bond motifs is 3. The Kier molecular flexibility index (Phi) is 4.99. The minimum Gasteiger partial charge on any atom is -0.456 e. The van der Waals surface area contributed by atoms with E-state index in [0.717, 1.165) is 33.7 Å². The number of hydrogen-bond acceptors (Lipinski definition) is 2. The molecule has 0 radical (unpaired) electrons. The third-order valence-corrected chi connectivity index (χ3v) is 6.95. The van der Waals surface area contributed by atoms with Crippen molar-refractivity contribution in [1.29, 1.82) is 0 Å². The van der Waals surface area contributed by atoms with Gasteiger partial charge in [0.1, 0.15) is 11.2 Å². The summed E-state index contributed by atoms with van der Waals surface area (Å²) in [5.74, 6) is 0.827. The Labute approximate surface area is 188 Å². The van der Waals surface area contributed by atoms with Gasteiger partial charge in [-0.3, -0.25) is 4.98 Å². The molecule has 2 heterocycles. The van der Waals surface area contributed by atoms with Crippen LogP contribution >= 0.6 is 0 Å². The van der Waals surface area contributed by atoms with E-state index in [9.17, 15) is 0 Å². The Morgan fingerprint density at radius 3 is 2.50 bits per heavy atom. The van der Waals surface area contributed by atoms with Gasteiger partial charge in [0.25, 0.3) is 0 Å². The van der Waals surface area contributed by atoms with Crippen LogP contribution in [-0.2, 0) is 6.42 Å². The Balaban J connectivity index is 1.43. The summed E-state index contributed by atoms with van der Waals surface area (Å²) < 4.78 is 6.21. The number of hydrogen-bond donors (Lipinski definition) is 0. The molecule has 0 spiro atoms. The van der Waals surface area contributed by atoms with Crippen molar-refractivity contribution in [3.05, 3.63) is 90.6 Å². The van der Waals surface area contributed by atoms with Gasteiger partial charge in [-0.05, 0) is 65.4 Å². The highest BCUT2D eigenvalue weighted by Gasteiger charge is 2.16. The molecule has 5 aromatic rings. The van der Waals surface area contributed by atoms with E-state index in [-0.39, 0.29) is 0 Å². The van der Waals surface area contributed by atoms with E-state index in [1.165, 1.54) is 60.6 Å². The second-order valence-corrected chi connectivity index (χ2v) is 9.12. The zero-order valence-corrected chi connectivity index (χ0v) is 18.3. The largest absolute Gasteiger partial charge is 0.456 e. The van der Waals surface area contributed by atoms with Gasteiger partial charge < -0.3 is 4.42 Å². The first-order valence-electron chi connectivity index (χ1n) is 11.8. The molecule has 2 aromatic heterocycles. The van der Waals surface area contributed by atoms with E-state index in [1.54, 1.807) is 0 Å². The van der Waals surface area contributed by atoms with Crippen LogP contribution in [0.2, 0.25) is 0 Å². The molecule has 6 rings (SSSR count). The first-order valence-corrected chi connectivity index (χ1v) is 11.8. The summed E-state index contributed by atoms with van der Waals surface area (Å²) in [5, 5.41) is 2.32. The molecular weight excluding hydrogens is 390 g/mol. The molecule has 32 heavy (non-hydrogen) atoms. The molecule has 3 aromatic carbocycles.